The molecule has 2 nitrogen and oxygen atoms in total. The molecule has 0 bridgehead atoms. The van der Waals surface area contributed by atoms with Gasteiger partial charge in [0.2, 0.25) is 0 Å². The van der Waals surface area contributed by atoms with Crippen LogP contribution in [-0.4, -0.2) is 4.98 Å². The molecular weight excluding hydrogens is 248 g/mol. The van der Waals surface area contributed by atoms with Crippen molar-refractivity contribution in [3.63, 3.8) is 0 Å². The first-order valence-corrected chi connectivity index (χ1v) is 7.67. The molecule has 0 amide bonds. The third kappa shape index (κ3) is 2.94. The fraction of sp³-hybridized carbons (Fsp3) is 0.462. The number of aromatic nitrogens is 1. The number of thiophene rings is 1. The first kappa shape index (κ1) is 12.7. The van der Waals surface area contributed by atoms with Gasteiger partial charge in [0.15, 0.2) is 0 Å². The van der Waals surface area contributed by atoms with Crippen molar-refractivity contribution in [1.29, 1.82) is 0 Å². The summed E-state index contributed by atoms with van der Waals surface area (Å²) in [6.45, 7) is 6.52. The van der Waals surface area contributed by atoms with Gasteiger partial charge in [0.1, 0.15) is 0 Å². The lowest BCUT2D eigenvalue weighted by atomic mass is 10.1. The van der Waals surface area contributed by atoms with Crippen LogP contribution in [-0.2, 0) is 0 Å². The average molecular weight is 266 g/mol. The highest BCUT2D eigenvalue weighted by Crippen LogP contribution is 2.28. The SMILES string of the molecule is CCC(NC(C)c1scnc1C)c1cccs1. The van der Waals surface area contributed by atoms with E-state index in [-0.39, 0.29) is 0 Å². The second-order valence-corrected chi connectivity index (χ2v) is 6.03. The van der Waals surface area contributed by atoms with Crippen molar-refractivity contribution in [2.75, 3.05) is 0 Å². The van der Waals surface area contributed by atoms with Gasteiger partial charge in [-0.3, -0.25) is 0 Å². The molecule has 0 aliphatic carbocycles. The maximum absolute atomic E-state index is 4.31. The third-order valence-corrected chi connectivity index (χ3v) is 5.02. The lowest BCUT2D eigenvalue weighted by molar-refractivity contribution is 0.465. The number of nitrogens with zero attached hydrogens (tertiary/aromatic N) is 1. The summed E-state index contributed by atoms with van der Waals surface area (Å²) >= 11 is 3.56. The minimum absolute atomic E-state index is 0.370. The Kier molecular flexibility index (Phi) is 4.31. The maximum Gasteiger partial charge on any atom is 0.0798 e. The summed E-state index contributed by atoms with van der Waals surface area (Å²) in [4.78, 5) is 7.08. The van der Waals surface area contributed by atoms with E-state index in [1.807, 2.05) is 16.8 Å². The molecule has 17 heavy (non-hydrogen) atoms. The second-order valence-electron chi connectivity index (χ2n) is 4.17. The third-order valence-electron chi connectivity index (χ3n) is 2.92. The average Bonchev–Trinajstić information content (AvgIpc) is 2.96. The normalized spacial score (nSPS) is 14.8. The highest BCUT2D eigenvalue weighted by molar-refractivity contribution is 7.10. The highest BCUT2D eigenvalue weighted by Gasteiger charge is 2.16. The lowest BCUT2D eigenvalue weighted by Gasteiger charge is -2.21. The van der Waals surface area contributed by atoms with Gasteiger partial charge in [0, 0.05) is 21.8 Å². The van der Waals surface area contributed by atoms with E-state index >= 15 is 0 Å². The van der Waals surface area contributed by atoms with Crippen LogP contribution in [0.5, 0.6) is 0 Å². The minimum Gasteiger partial charge on any atom is -0.302 e. The summed E-state index contributed by atoms with van der Waals surface area (Å²) in [5, 5.41) is 5.83. The Morgan fingerprint density at radius 2 is 2.24 bits per heavy atom. The van der Waals surface area contributed by atoms with Crippen molar-refractivity contribution in [1.82, 2.24) is 10.3 Å². The van der Waals surface area contributed by atoms with Crippen LogP contribution in [0, 0.1) is 6.92 Å². The van der Waals surface area contributed by atoms with Crippen LogP contribution in [0.1, 0.15) is 47.8 Å². The fourth-order valence-corrected chi connectivity index (χ4v) is 3.68. The van der Waals surface area contributed by atoms with Gasteiger partial charge in [-0.05, 0) is 31.7 Å². The first-order chi connectivity index (χ1) is 8.22. The summed E-state index contributed by atoms with van der Waals surface area (Å²) in [5.41, 5.74) is 3.07. The van der Waals surface area contributed by atoms with E-state index in [0.717, 1.165) is 12.1 Å². The van der Waals surface area contributed by atoms with Crippen molar-refractivity contribution in [2.24, 2.45) is 0 Å². The molecule has 0 saturated heterocycles. The molecule has 2 unspecified atom stereocenters. The lowest BCUT2D eigenvalue weighted by Crippen LogP contribution is -2.23. The molecular formula is C13H18N2S2. The van der Waals surface area contributed by atoms with E-state index in [4.69, 9.17) is 0 Å². The number of aryl methyl sites for hydroxylation is 1. The van der Waals surface area contributed by atoms with Gasteiger partial charge in [-0.15, -0.1) is 22.7 Å². The standard InChI is InChI=1S/C13H18N2S2/c1-4-11(12-6-5-7-16-12)15-10(3)13-9(2)14-8-17-13/h5-8,10-11,15H,4H2,1-3H3. The van der Waals surface area contributed by atoms with Gasteiger partial charge in [-0.1, -0.05) is 13.0 Å². The molecule has 2 rings (SSSR count). The first-order valence-electron chi connectivity index (χ1n) is 5.91. The molecule has 0 saturated carbocycles. The molecule has 0 aliphatic heterocycles. The predicted molar refractivity (Wildman–Crippen MR) is 75.8 cm³/mol. The summed E-state index contributed by atoms with van der Waals surface area (Å²) < 4.78 is 0. The molecule has 2 heterocycles. The number of rotatable bonds is 5. The quantitative estimate of drug-likeness (QED) is 0.872. The monoisotopic (exact) mass is 266 g/mol. The number of nitrogens with one attached hydrogen (secondary N) is 1. The molecule has 92 valence electrons. The van der Waals surface area contributed by atoms with E-state index in [2.05, 4.69) is 48.6 Å². The summed E-state index contributed by atoms with van der Waals surface area (Å²) in [7, 11) is 0. The van der Waals surface area contributed by atoms with Crippen LogP contribution in [0.25, 0.3) is 0 Å². The van der Waals surface area contributed by atoms with Gasteiger partial charge in [0.05, 0.1) is 11.2 Å². The van der Waals surface area contributed by atoms with Crippen molar-refractivity contribution < 1.29 is 0 Å². The molecule has 0 fully saturated rings. The van der Waals surface area contributed by atoms with Gasteiger partial charge in [-0.25, -0.2) is 4.98 Å². The van der Waals surface area contributed by atoms with Crippen molar-refractivity contribution in [2.45, 2.75) is 39.3 Å². The largest absolute Gasteiger partial charge is 0.302 e. The molecule has 0 spiro atoms. The van der Waals surface area contributed by atoms with E-state index in [9.17, 15) is 0 Å². The zero-order valence-corrected chi connectivity index (χ0v) is 12.1. The van der Waals surface area contributed by atoms with Crippen LogP contribution in [0.3, 0.4) is 0 Å². The topological polar surface area (TPSA) is 24.9 Å². The van der Waals surface area contributed by atoms with Crippen molar-refractivity contribution in [3.05, 3.63) is 38.5 Å². The van der Waals surface area contributed by atoms with Crippen LogP contribution < -0.4 is 5.32 Å². The molecule has 2 aromatic heterocycles. The Labute approximate surface area is 111 Å². The Bertz CT molecular complexity index is 448. The molecule has 0 radical (unpaired) electrons. The minimum atomic E-state index is 0.370. The smallest absolute Gasteiger partial charge is 0.0798 e. The van der Waals surface area contributed by atoms with Crippen LogP contribution in [0.15, 0.2) is 23.0 Å². The van der Waals surface area contributed by atoms with E-state index in [1.54, 1.807) is 11.3 Å². The Morgan fingerprint density at radius 3 is 2.76 bits per heavy atom. The zero-order valence-electron chi connectivity index (χ0n) is 10.4. The Morgan fingerprint density at radius 1 is 1.41 bits per heavy atom. The second kappa shape index (κ2) is 5.76. The van der Waals surface area contributed by atoms with E-state index < -0.39 is 0 Å². The van der Waals surface area contributed by atoms with Gasteiger partial charge in [0.25, 0.3) is 0 Å². The summed E-state index contributed by atoms with van der Waals surface area (Å²) in [6.07, 6.45) is 1.11. The van der Waals surface area contributed by atoms with E-state index in [1.165, 1.54) is 9.75 Å². The maximum atomic E-state index is 4.31. The van der Waals surface area contributed by atoms with Crippen LogP contribution >= 0.6 is 22.7 Å². The van der Waals surface area contributed by atoms with Crippen molar-refractivity contribution >= 4 is 22.7 Å². The fourth-order valence-electron chi connectivity index (χ4n) is 1.99. The summed E-state index contributed by atoms with van der Waals surface area (Å²) in [6, 6.07) is 5.14. The molecule has 2 aromatic rings. The number of hydrogen-bond acceptors (Lipinski definition) is 4. The molecule has 1 N–H and O–H groups in total. The van der Waals surface area contributed by atoms with E-state index in [0.29, 0.717) is 12.1 Å². The van der Waals surface area contributed by atoms with Gasteiger partial charge < -0.3 is 5.32 Å². The molecule has 2 atom stereocenters. The number of thiazole rings is 1. The van der Waals surface area contributed by atoms with Crippen LogP contribution in [0.2, 0.25) is 0 Å². The summed E-state index contributed by atoms with van der Waals surface area (Å²) in [5.74, 6) is 0. The Balaban J connectivity index is 2.07. The van der Waals surface area contributed by atoms with Gasteiger partial charge in [-0.2, -0.15) is 0 Å². The van der Waals surface area contributed by atoms with Crippen LogP contribution in [0.4, 0.5) is 0 Å². The predicted octanol–water partition coefficient (Wildman–Crippen LogP) is 4.31. The van der Waals surface area contributed by atoms with Gasteiger partial charge >= 0.3 is 0 Å². The number of hydrogen-bond donors (Lipinski definition) is 1. The highest BCUT2D eigenvalue weighted by atomic mass is 32.1. The van der Waals surface area contributed by atoms with Crippen molar-refractivity contribution in [3.8, 4) is 0 Å². The zero-order chi connectivity index (χ0) is 12.3. The Hall–Kier alpha value is -0.710. The molecule has 0 aliphatic rings. The molecule has 4 heteroatoms. The molecule has 0 aromatic carbocycles.